The van der Waals surface area contributed by atoms with E-state index < -0.39 is 5.91 Å². The number of nitrogens with zero attached hydrogens (tertiary/aromatic N) is 5. The first kappa shape index (κ1) is 19.8. The highest BCUT2D eigenvalue weighted by Crippen LogP contribution is 2.19. The number of methoxy groups -OCH3 is 1. The molecule has 0 radical (unpaired) electrons. The molecule has 2 aromatic carbocycles. The fraction of sp³-hybridized carbons (Fsp3) is 0.0952. The van der Waals surface area contributed by atoms with Crippen molar-refractivity contribution in [3.05, 3.63) is 79.1 Å². The summed E-state index contributed by atoms with van der Waals surface area (Å²) in [4.78, 5) is 28.7. The van der Waals surface area contributed by atoms with Gasteiger partial charge in [0.2, 0.25) is 5.91 Å². The number of para-hydroxylation sites is 1. The van der Waals surface area contributed by atoms with Crippen molar-refractivity contribution in [2.75, 3.05) is 19.0 Å². The van der Waals surface area contributed by atoms with Crippen LogP contribution in [0.15, 0.2) is 73.4 Å². The molecule has 0 spiro atoms. The lowest BCUT2D eigenvalue weighted by molar-refractivity contribution is -0.115. The van der Waals surface area contributed by atoms with Gasteiger partial charge in [0.05, 0.1) is 31.2 Å². The molecule has 2 heterocycles. The largest absolute Gasteiger partial charge is 0.493 e. The predicted octanol–water partition coefficient (Wildman–Crippen LogP) is 1.83. The maximum absolute atomic E-state index is 12.5. The molecule has 4 rings (SSSR count). The van der Waals surface area contributed by atoms with Crippen LogP contribution < -0.4 is 15.4 Å². The van der Waals surface area contributed by atoms with Crippen LogP contribution in [0.1, 0.15) is 10.5 Å². The topological polar surface area (TPSA) is 116 Å². The molecule has 2 amide bonds. The van der Waals surface area contributed by atoms with Crippen LogP contribution in [0, 0.1) is 0 Å². The molecule has 0 unspecified atom stereocenters. The molecule has 0 aliphatic rings. The average molecular weight is 417 g/mol. The molecule has 0 atom stereocenters. The number of aromatic nitrogens is 5. The second kappa shape index (κ2) is 8.91. The van der Waals surface area contributed by atoms with Gasteiger partial charge >= 0.3 is 0 Å². The Balaban J connectivity index is 1.36. The molecule has 4 aromatic rings. The summed E-state index contributed by atoms with van der Waals surface area (Å²) in [6.07, 6.45) is 4.63. The van der Waals surface area contributed by atoms with Crippen LogP contribution in [0.2, 0.25) is 0 Å². The van der Waals surface area contributed by atoms with Gasteiger partial charge in [-0.3, -0.25) is 9.59 Å². The van der Waals surface area contributed by atoms with Crippen molar-refractivity contribution in [3.8, 4) is 17.1 Å². The predicted molar refractivity (Wildman–Crippen MR) is 112 cm³/mol. The van der Waals surface area contributed by atoms with E-state index in [2.05, 4.69) is 25.8 Å². The van der Waals surface area contributed by atoms with Gasteiger partial charge in [-0.05, 0) is 36.4 Å². The second-order valence-electron chi connectivity index (χ2n) is 6.44. The molecular weight excluding hydrogens is 398 g/mol. The average Bonchev–Trinajstić information content (AvgIpc) is 3.49. The Morgan fingerprint density at radius 1 is 1.00 bits per heavy atom. The summed E-state index contributed by atoms with van der Waals surface area (Å²) in [6, 6.07) is 16.4. The normalized spacial score (nSPS) is 10.5. The Hall–Kier alpha value is -4.47. The van der Waals surface area contributed by atoms with Gasteiger partial charge in [-0.1, -0.05) is 18.2 Å². The molecular formula is C21H19N7O3. The van der Waals surface area contributed by atoms with Crippen molar-refractivity contribution in [1.29, 1.82) is 0 Å². The summed E-state index contributed by atoms with van der Waals surface area (Å²) in [7, 11) is 1.46. The number of carbonyl (C=O) groups is 2. The lowest BCUT2D eigenvalue weighted by Gasteiger charge is -2.08. The summed E-state index contributed by atoms with van der Waals surface area (Å²) in [5, 5.41) is 13.6. The Bertz CT molecular complexity index is 1170. The van der Waals surface area contributed by atoms with Gasteiger partial charge in [-0.25, -0.2) is 14.3 Å². The van der Waals surface area contributed by atoms with Crippen molar-refractivity contribution < 1.29 is 14.3 Å². The fourth-order valence-electron chi connectivity index (χ4n) is 2.87. The summed E-state index contributed by atoms with van der Waals surface area (Å²) < 4.78 is 8.41. The van der Waals surface area contributed by atoms with Crippen LogP contribution in [0.5, 0.6) is 5.75 Å². The zero-order chi connectivity index (χ0) is 21.6. The Morgan fingerprint density at radius 3 is 2.42 bits per heavy atom. The number of ether oxygens (including phenoxy) is 1. The second-order valence-corrected chi connectivity index (χ2v) is 6.44. The van der Waals surface area contributed by atoms with Crippen molar-refractivity contribution >= 4 is 17.5 Å². The van der Waals surface area contributed by atoms with E-state index in [9.17, 15) is 9.59 Å². The van der Waals surface area contributed by atoms with Gasteiger partial charge in [-0.2, -0.15) is 10.2 Å². The summed E-state index contributed by atoms with van der Waals surface area (Å²) >= 11 is 0. The van der Waals surface area contributed by atoms with Crippen molar-refractivity contribution in [2.24, 2.45) is 0 Å². The van der Waals surface area contributed by atoms with Crippen LogP contribution in [-0.4, -0.2) is 50.0 Å². The van der Waals surface area contributed by atoms with Crippen LogP contribution in [-0.2, 0) is 4.79 Å². The maximum Gasteiger partial charge on any atom is 0.276 e. The molecule has 10 nitrogen and oxygen atoms in total. The van der Waals surface area contributed by atoms with E-state index in [0.717, 1.165) is 11.4 Å². The monoisotopic (exact) mass is 417 g/mol. The lowest BCUT2D eigenvalue weighted by atomic mass is 10.3. The van der Waals surface area contributed by atoms with Crippen LogP contribution >= 0.6 is 0 Å². The minimum atomic E-state index is -0.511. The Kier molecular flexibility index (Phi) is 5.70. The molecule has 31 heavy (non-hydrogen) atoms. The van der Waals surface area contributed by atoms with Gasteiger partial charge in [0.15, 0.2) is 11.4 Å². The third-order valence-corrected chi connectivity index (χ3v) is 4.38. The van der Waals surface area contributed by atoms with Crippen LogP contribution in [0.3, 0.4) is 0 Å². The number of hydrogen-bond acceptors (Lipinski definition) is 6. The number of nitrogens with one attached hydrogen (secondary N) is 2. The van der Waals surface area contributed by atoms with E-state index in [4.69, 9.17) is 4.74 Å². The third kappa shape index (κ3) is 4.58. The molecule has 2 aromatic heterocycles. The van der Waals surface area contributed by atoms with E-state index in [1.807, 2.05) is 30.3 Å². The molecule has 2 N–H and O–H groups in total. The molecule has 156 valence electrons. The first-order chi connectivity index (χ1) is 15.1. The highest BCUT2D eigenvalue weighted by molar-refractivity contribution is 5.99. The molecule has 0 saturated carbocycles. The zero-order valence-corrected chi connectivity index (χ0v) is 16.6. The summed E-state index contributed by atoms with van der Waals surface area (Å²) in [5.74, 6) is -0.572. The number of carbonyl (C=O) groups excluding carboxylic acids is 2. The van der Waals surface area contributed by atoms with E-state index in [1.165, 1.54) is 13.4 Å². The first-order valence-electron chi connectivity index (χ1n) is 9.36. The number of anilines is 1. The van der Waals surface area contributed by atoms with Crippen LogP contribution in [0.25, 0.3) is 11.4 Å². The SMILES string of the molecule is COc1cn(-c2ccccc2)nc1C(=O)NCC(=O)Nc1ccc(-n2cncn2)cc1. The molecule has 0 saturated heterocycles. The van der Waals surface area contributed by atoms with Crippen molar-refractivity contribution in [2.45, 2.75) is 0 Å². The van der Waals surface area contributed by atoms with Crippen molar-refractivity contribution in [1.82, 2.24) is 29.9 Å². The Morgan fingerprint density at radius 2 is 1.74 bits per heavy atom. The minimum absolute atomic E-state index is 0.0938. The number of amides is 2. The summed E-state index contributed by atoms with van der Waals surface area (Å²) in [6.45, 7) is -0.217. The molecule has 0 aliphatic carbocycles. The molecule has 0 fully saturated rings. The van der Waals surface area contributed by atoms with Gasteiger partial charge in [-0.15, -0.1) is 0 Å². The van der Waals surface area contributed by atoms with E-state index in [0.29, 0.717) is 11.4 Å². The van der Waals surface area contributed by atoms with Gasteiger partial charge in [0.1, 0.15) is 12.7 Å². The van der Waals surface area contributed by atoms with E-state index in [1.54, 1.807) is 46.2 Å². The molecule has 0 bridgehead atoms. The maximum atomic E-state index is 12.5. The van der Waals surface area contributed by atoms with Crippen molar-refractivity contribution in [3.63, 3.8) is 0 Å². The smallest absolute Gasteiger partial charge is 0.276 e. The highest BCUT2D eigenvalue weighted by Gasteiger charge is 2.19. The van der Waals surface area contributed by atoms with Gasteiger partial charge in [0, 0.05) is 5.69 Å². The zero-order valence-electron chi connectivity index (χ0n) is 16.6. The highest BCUT2D eigenvalue weighted by atomic mass is 16.5. The van der Waals surface area contributed by atoms with E-state index in [-0.39, 0.29) is 18.1 Å². The van der Waals surface area contributed by atoms with Gasteiger partial charge < -0.3 is 15.4 Å². The standard InChI is InChI=1S/C21H19N7O3/c1-31-18-12-27(16-5-3-2-4-6-16)26-20(18)21(30)23-11-19(29)25-15-7-9-17(10-8-15)28-14-22-13-24-28/h2-10,12-14H,11H2,1H3,(H,23,30)(H,25,29). The third-order valence-electron chi connectivity index (χ3n) is 4.38. The minimum Gasteiger partial charge on any atom is -0.493 e. The number of hydrogen-bond donors (Lipinski definition) is 2. The van der Waals surface area contributed by atoms with E-state index >= 15 is 0 Å². The number of rotatable bonds is 7. The fourth-order valence-corrected chi connectivity index (χ4v) is 2.87. The Labute approximate surface area is 177 Å². The molecule has 10 heteroatoms. The van der Waals surface area contributed by atoms with Gasteiger partial charge in [0.25, 0.3) is 5.91 Å². The number of benzene rings is 2. The molecule has 0 aliphatic heterocycles. The first-order valence-corrected chi connectivity index (χ1v) is 9.36. The lowest BCUT2D eigenvalue weighted by Crippen LogP contribution is -2.33. The summed E-state index contributed by atoms with van der Waals surface area (Å²) in [5.41, 5.74) is 2.28. The quantitative estimate of drug-likeness (QED) is 0.474. The van der Waals surface area contributed by atoms with Crippen LogP contribution in [0.4, 0.5) is 5.69 Å².